The van der Waals surface area contributed by atoms with Crippen LogP contribution in [0.15, 0.2) is 36.0 Å². The van der Waals surface area contributed by atoms with E-state index < -0.39 is 36.4 Å². The van der Waals surface area contributed by atoms with Crippen LogP contribution in [0.3, 0.4) is 0 Å². The van der Waals surface area contributed by atoms with Gasteiger partial charge in [0.15, 0.2) is 12.2 Å². The molecule has 0 aromatic heterocycles. The summed E-state index contributed by atoms with van der Waals surface area (Å²) in [5, 5.41) is 18.7. The quantitative estimate of drug-likeness (QED) is 0.439. The van der Waals surface area contributed by atoms with E-state index in [9.17, 15) is 19.8 Å². The second-order valence-electron chi connectivity index (χ2n) is 4.72. The smallest absolute Gasteiger partial charge is 0.334 e. The highest BCUT2D eigenvalue weighted by atomic mass is 16.6. The van der Waals surface area contributed by atoms with Gasteiger partial charge < -0.3 is 19.7 Å². The first-order valence-electron chi connectivity index (χ1n) is 6.62. The lowest BCUT2D eigenvalue weighted by molar-refractivity contribution is -0.157. The first-order chi connectivity index (χ1) is 9.85. The summed E-state index contributed by atoms with van der Waals surface area (Å²) in [7, 11) is 0. The topological polar surface area (TPSA) is 93.1 Å². The molecule has 4 unspecified atom stereocenters. The van der Waals surface area contributed by atoms with Crippen molar-refractivity contribution in [3.8, 4) is 0 Å². The SMILES string of the molecule is C/C=C(\C)C(=O)OC1C=CC(=O)OC1/C=C/C(O)C(C)O. The van der Waals surface area contributed by atoms with E-state index in [1.54, 1.807) is 19.9 Å². The number of aliphatic hydroxyl groups is 2. The highest BCUT2D eigenvalue weighted by Crippen LogP contribution is 2.16. The molecule has 0 amide bonds. The molecule has 21 heavy (non-hydrogen) atoms. The van der Waals surface area contributed by atoms with Gasteiger partial charge in [-0.1, -0.05) is 12.2 Å². The molecule has 0 fully saturated rings. The summed E-state index contributed by atoms with van der Waals surface area (Å²) in [6.07, 6.45) is 3.24. The van der Waals surface area contributed by atoms with Crippen LogP contribution in [0.5, 0.6) is 0 Å². The molecule has 0 saturated heterocycles. The second-order valence-corrected chi connectivity index (χ2v) is 4.72. The molecule has 2 N–H and O–H groups in total. The zero-order chi connectivity index (χ0) is 16.0. The average Bonchev–Trinajstić information content (AvgIpc) is 2.45. The minimum atomic E-state index is -1.09. The highest BCUT2D eigenvalue weighted by Gasteiger charge is 2.28. The van der Waals surface area contributed by atoms with E-state index in [4.69, 9.17) is 9.47 Å². The summed E-state index contributed by atoms with van der Waals surface area (Å²) in [6.45, 7) is 4.75. The minimum Gasteiger partial charge on any atom is -0.451 e. The minimum absolute atomic E-state index is 0.437. The Morgan fingerprint density at radius 2 is 2.14 bits per heavy atom. The van der Waals surface area contributed by atoms with Gasteiger partial charge in [0.25, 0.3) is 0 Å². The average molecular weight is 296 g/mol. The highest BCUT2D eigenvalue weighted by molar-refractivity contribution is 5.88. The Labute approximate surface area is 123 Å². The first-order valence-corrected chi connectivity index (χ1v) is 6.62. The van der Waals surface area contributed by atoms with Crippen LogP contribution in [0, 0.1) is 0 Å². The van der Waals surface area contributed by atoms with Crippen molar-refractivity contribution >= 4 is 11.9 Å². The molecule has 0 radical (unpaired) electrons. The molecule has 4 atom stereocenters. The summed E-state index contributed by atoms with van der Waals surface area (Å²) in [4.78, 5) is 23.0. The zero-order valence-electron chi connectivity index (χ0n) is 12.2. The van der Waals surface area contributed by atoms with Crippen molar-refractivity contribution in [2.75, 3.05) is 0 Å². The van der Waals surface area contributed by atoms with E-state index in [-0.39, 0.29) is 0 Å². The molecule has 0 aromatic carbocycles. The van der Waals surface area contributed by atoms with Gasteiger partial charge in [0, 0.05) is 11.6 Å². The van der Waals surface area contributed by atoms with Gasteiger partial charge in [-0.3, -0.25) is 0 Å². The normalized spacial score (nSPS) is 25.6. The molecule has 0 spiro atoms. The molecule has 1 rings (SSSR count). The van der Waals surface area contributed by atoms with Crippen molar-refractivity contribution < 1.29 is 29.3 Å². The van der Waals surface area contributed by atoms with Crippen LogP contribution in [0.25, 0.3) is 0 Å². The Bertz CT molecular complexity index is 475. The van der Waals surface area contributed by atoms with Crippen LogP contribution in [-0.2, 0) is 19.1 Å². The van der Waals surface area contributed by atoms with Crippen LogP contribution in [0.2, 0.25) is 0 Å². The zero-order valence-corrected chi connectivity index (χ0v) is 12.2. The number of rotatable bonds is 5. The van der Waals surface area contributed by atoms with E-state index in [1.165, 1.54) is 31.2 Å². The fourth-order valence-corrected chi connectivity index (χ4v) is 1.50. The van der Waals surface area contributed by atoms with Crippen molar-refractivity contribution in [2.24, 2.45) is 0 Å². The largest absolute Gasteiger partial charge is 0.451 e. The number of allylic oxidation sites excluding steroid dienone is 1. The van der Waals surface area contributed by atoms with Crippen LogP contribution >= 0.6 is 0 Å². The monoisotopic (exact) mass is 296 g/mol. The van der Waals surface area contributed by atoms with Gasteiger partial charge in [-0.25, -0.2) is 9.59 Å². The molecule has 1 aliphatic heterocycles. The van der Waals surface area contributed by atoms with Crippen LogP contribution < -0.4 is 0 Å². The number of hydrogen-bond donors (Lipinski definition) is 2. The van der Waals surface area contributed by atoms with Gasteiger partial charge in [-0.15, -0.1) is 0 Å². The fourth-order valence-electron chi connectivity index (χ4n) is 1.50. The number of carbonyl (C=O) groups excluding carboxylic acids is 2. The summed E-state index contributed by atoms with van der Waals surface area (Å²) in [5.41, 5.74) is 0.437. The third kappa shape index (κ3) is 5.17. The van der Waals surface area contributed by atoms with E-state index in [1.807, 2.05) is 0 Å². The van der Waals surface area contributed by atoms with Crippen molar-refractivity contribution in [3.05, 3.63) is 36.0 Å². The lowest BCUT2D eigenvalue weighted by atomic mass is 10.1. The van der Waals surface area contributed by atoms with Gasteiger partial charge in [-0.2, -0.15) is 0 Å². The third-order valence-electron chi connectivity index (χ3n) is 2.99. The third-order valence-corrected chi connectivity index (χ3v) is 2.99. The van der Waals surface area contributed by atoms with E-state index in [0.29, 0.717) is 5.57 Å². The fraction of sp³-hybridized carbons (Fsp3) is 0.467. The number of ether oxygens (including phenoxy) is 2. The molecular weight excluding hydrogens is 276 g/mol. The second kappa shape index (κ2) is 7.75. The number of esters is 2. The number of carbonyl (C=O) groups is 2. The molecular formula is C15H20O6. The van der Waals surface area contributed by atoms with Crippen LogP contribution in [0.4, 0.5) is 0 Å². The Morgan fingerprint density at radius 3 is 2.71 bits per heavy atom. The lowest BCUT2D eigenvalue weighted by Crippen LogP contribution is -2.36. The summed E-state index contributed by atoms with van der Waals surface area (Å²) < 4.78 is 10.3. The molecule has 116 valence electrons. The molecule has 1 aliphatic rings. The van der Waals surface area contributed by atoms with E-state index >= 15 is 0 Å². The molecule has 0 aromatic rings. The lowest BCUT2D eigenvalue weighted by Gasteiger charge is -2.25. The molecule has 0 aliphatic carbocycles. The van der Waals surface area contributed by atoms with Crippen molar-refractivity contribution in [1.82, 2.24) is 0 Å². The Hall–Kier alpha value is -1.92. The maximum atomic E-state index is 11.7. The van der Waals surface area contributed by atoms with Gasteiger partial charge >= 0.3 is 11.9 Å². The first kappa shape index (κ1) is 17.1. The van der Waals surface area contributed by atoms with Crippen LogP contribution in [-0.4, -0.2) is 46.6 Å². The van der Waals surface area contributed by atoms with Gasteiger partial charge in [-0.05, 0) is 32.9 Å². The van der Waals surface area contributed by atoms with E-state index in [0.717, 1.165) is 0 Å². The Balaban J connectivity index is 2.81. The molecule has 1 heterocycles. The maximum absolute atomic E-state index is 11.7. The predicted octanol–water partition coefficient (Wildman–Crippen LogP) is 0.644. The van der Waals surface area contributed by atoms with Gasteiger partial charge in [0.2, 0.25) is 0 Å². The summed E-state index contributed by atoms with van der Waals surface area (Å²) in [6, 6.07) is 0. The summed E-state index contributed by atoms with van der Waals surface area (Å²) in [5.74, 6) is -1.08. The summed E-state index contributed by atoms with van der Waals surface area (Å²) >= 11 is 0. The van der Waals surface area contributed by atoms with E-state index in [2.05, 4.69) is 0 Å². The standard InChI is InChI=1S/C15H20O6/c1-4-9(2)15(19)21-13-7-8-14(18)20-12(13)6-5-11(17)10(3)16/h4-8,10-13,16-17H,1-3H3/b6-5+,9-4+. The van der Waals surface area contributed by atoms with Gasteiger partial charge in [0.1, 0.15) is 0 Å². The van der Waals surface area contributed by atoms with Crippen molar-refractivity contribution in [2.45, 2.75) is 45.2 Å². The predicted molar refractivity (Wildman–Crippen MR) is 75.2 cm³/mol. The number of hydrogen-bond acceptors (Lipinski definition) is 6. The molecule has 6 nitrogen and oxygen atoms in total. The van der Waals surface area contributed by atoms with Crippen molar-refractivity contribution in [1.29, 1.82) is 0 Å². The molecule has 6 heteroatoms. The Morgan fingerprint density at radius 1 is 1.48 bits per heavy atom. The van der Waals surface area contributed by atoms with Crippen LogP contribution in [0.1, 0.15) is 20.8 Å². The Kier molecular flexibility index (Phi) is 6.33. The number of aliphatic hydroxyl groups excluding tert-OH is 2. The maximum Gasteiger partial charge on any atom is 0.334 e. The molecule has 0 saturated carbocycles. The number of cyclic esters (lactones) is 1. The molecule has 0 bridgehead atoms. The van der Waals surface area contributed by atoms with Gasteiger partial charge in [0.05, 0.1) is 12.2 Å². The van der Waals surface area contributed by atoms with Crippen molar-refractivity contribution in [3.63, 3.8) is 0 Å².